The second-order valence-corrected chi connectivity index (χ2v) is 4.60. The molecule has 100 valence electrons. The number of nitrogens with zero attached hydrogens (tertiary/aromatic N) is 1. The summed E-state index contributed by atoms with van der Waals surface area (Å²) in [6, 6.07) is 0. The molecule has 0 aromatic carbocycles. The Morgan fingerprint density at radius 3 is 2.41 bits per heavy atom. The Morgan fingerprint density at radius 1 is 1.24 bits per heavy atom. The maximum atomic E-state index is 6.15. The van der Waals surface area contributed by atoms with E-state index < -0.39 is 0 Å². The fourth-order valence-corrected chi connectivity index (χ4v) is 2.45. The molecule has 1 fully saturated rings. The van der Waals surface area contributed by atoms with Crippen molar-refractivity contribution in [3.05, 3.63) is 0 Å². The lowest BCUT2D eigenvalue weighted by atomic mass is 9.92. The second-order valence-electron chi connectivity index (χ2n) is 4.60. The van der Waals surface area contributed by atoms with Crippen LogP contribution in [0.2, 0.25) is 0 Å². The monoisotopic (exact) mass is 242 g/mol. The van der Waals surface area contributed by atoms with Crippen molar-refractivity contribution in [1.82, 2.24) is 0 Å². The molecule has 0 aromatic rings. The Bertz CT molecular complexity index is 234. The molecule has 4 heteroatoms. The predicted molar refractivity (Wildman–Crippen MR) is 70.4 cm³/mol. The van der Waals surface area contributed by atoms with Gasteiger partial charge in [0.1, 0.15) is 11.4 Å². The molecule has 1 saturated carbocycles. The van der Waals surface area contributed by atoms with Gasteiger partial charge in [-0.25, -0.2) is 0 Å². The first-order valence-corrected chi connectivity index (χ1v) is 6.68. The summed E-state index contributed by atoms with van der Waals surface area (Å²) in [5, 5.41) is 0. The van der Waals surface area contributed by atoms with Gasteiger partial charge in [-0.05, 0) is 19.8 Å². The summed E-state index contributed by atoms with van der Waals surface area (Å²) in [4.78, 5) is 4.41. The van der Waals surface area contributed by atoms with Crippen molar-refractivity contribution >= 4 is 5.84 Å². The fourth-order valence-electron chi connectivity index (χ4n) is 2.45. The van der Waals surface area contributed by atoms with Crippen LogP contribution >= 0.6 is 0 Å². The van der Waals surface area contributed by atoms with Gasteiger partial charge in [-0.15, -0.1) is 0 Å². The van der Waals surface area contributed by atoms with Crippen molar-refractivity contribution in [2.75, 3.05) is 26.9 Å². The number of hydrogen-bond acceptors (Lipinski definition) is 3. The van der Waals surface area contributed by atoms with Gasteiger partial charge in [0, 0.05) is 13.7 Å². The zero-order valence-corrected chi connectivity index (χ0v) is 11.2. The highest BCUT2D eigenvalue weighted by Gasteiger charge is 2.35. The van der Waals surface area contributed by atoms with Gasteiger partial charge in [-0.2, -0.15) is 0 Å². The number of ether oxygens (including phenoxy) is 2. The van der Waals surface area contributed by atoms with Crippen molar-refractivity contribution < 1.29 is 9.47 Å². The van der Waals surface area contributed by atoms with E-state index in [1.807, 2.05) is 6.92 Å². The van der Waals surface area contributed by atoms with E-state index >= 15 is 0 Å². The molecule has 17 heavy (non-hydrogen) atoms. The molecule has 1 aliphatic carbocycles. The average Bonchev–Trinajstić information content (AvgIpc) is 2.56. The van der Waals surface area contributed by atoms with Gasteiger partial charge in [-0.3, -0.25) is 4.99 Å². The van der Waals surface area contributed by atoms with Crippen LogP contribution in [0.5, 0.6) is 0 Å². The molecule has 0 radical (unpaired) electrons. The number of hydrogen-bond donors (Lipinski definition) is 1. The van der Waals surface area contributed by atoms with E-state index in [0.29, 0.717) is 25.6 Å². The lowest BCUT2D eigenvalue weighted by molar-refractivity contribution is 0.00312. The van der Waals surface area contributed by atoms with E-state index in [1.165, 1.54) is 25.7 Å². The molecular weight excluding hydrogens is 216 g/mol. The van der Waals surface area contributed by atoms with Crippen LogP contribution in [0.15, 0.2) is 4.99 Å². The molecule has 0 amide bonds. The van der Waals surface area contributed by atoms with E-state index in [4.69, 9.17) is 15.2 Å². The van der Waals surface area contributed by atoms with Crippen LogP contribution in [0.4, 0.5) is 0 Å². The second kappa shape index (κ2) is 7.67. The molecule has 1 aliphatic rings. The van der Waals surface area contributed by atoms with Crippen LogP contribution in [-0.2, 0) is 9.47 Å². The predicted octanol–water partition coefficient (Wildman–Crippen LogP) is 2.12. The van der Waals surface area contributed by atoms with Crippen LogP contribution in [0.25, 0.3) is 0 Å². The molecule has 0 unspecified atom stereocenters. The summed E-state index contributed by atoms with van der Waals surface area (Å²) in [5.41, 5.74) is 5.84. The van der Waals surface area contributed by atoms with Crippen LogP contribution in [-0.4, -0.2) is 38.3 Å². The van der Waals surface area contributed by atoms with Crippen LogP contribution in [0.3, 0.4) is 0 Å². The molecule has 1 rings (SSSR count). The van der Waals surface area contributed by atoms with Gasteiger partial charge in [0.25, 0.3) is 0 Å². The maximum Gasteiger partial charge on any atom is 0.126 e. The van der Waals surface area contributed by atoms with Crippen molar-refractivity contribution in [2.24, 2.45) is 10.7 Å². The highest BCUT2D eigenvalue weighted by Crippen LogP contribution is 2.30. The number of methoxy groups -OCH3 is 1. The summed E-state index contributed by atoms with van der Waals surface area (Å²) in [6.45, 7) is 3.95. The molecular formula is C13H26N2O2. The molecule has 0 bridgehead atoms. The minimum absolute atomic E-state index is 0.307. The maximum absolute atomic E-state index is 6.15. The van der Waals surface area contributed by atoms with E-state index in [9.17, 15) is 0 Å². The Kier molecular flexibility index (Phi) is 6.52. The highest BCUT2D eigenvalue weighted by atomic mass is 16.5. The highest BCUT2D eigenvalue weighted by molar-refractivity contribution is 5.89. The van der Waals surface area contributed by atoms with Crippen molar-refractivity contribution in [2.45, 2.75) is 51.0 Å². The standard InChI is InChI=1S/C13H26N2O2/c1-3-17-13(8-6-4-5-7-9-13)12(14)15-10-11-16-2/h3-11H2,1-2H3,(H2,14,15). The third-order valence-corrected chi connectivity index (χ3v) is 3.38. The van der Waals surface area contributed by atoms with Gasteiger partial charge in [0.2, 0.25) is 0 Å². The number of nitrogens with two attached hydrogens (primary N) is 1. The van der Waals surface area contributed by atoms with Gasteiger partial charge < -0.3 is 15.2 Å². The normalized spacial score (nSPS) is 21.2. The summed E-state index contributed by atoms with van der Waals surface area (Å²) in [6.07, 6.45) is 6.92. The molecule has 0 heterocycles. The zero-order valence-electron chi connectivity index (χ0n) is 11.2. The molecule has 0 spiro atoms. The van der Waals surface area contributed by atoms with Gasteiger partial charge in [-0.1, -0.05) is 25.7 Å². The number of aliphatic imine (C=N–C) groups is 1. The topological polar surface area (TPSA) is 56.8 Å². The minimum Gasteiger partial charge on any atom is -0.385 e. The summed E-state index contributed by atoms with van der Waals surface area (Å²) in [5.74, 6) is 0.665. The van der Waals surface area contributed by atoms with Gasteiger partial charge in [0.05, 0.1) is 13.2 Å². The molecule has 0 aromatic heterocycles. The third kappa shape index (κ3) is 4.28. The Hall–Kier alpha value is -0.610. The van der Waals surface area contributed by atoms with Crippen LogP contribution < -0.4 is 5.73 Å². The summed E-state index contributed by atoms with van der Waals surface area (Å²) < 4.78 is 10.9. The molecule has 0 atom stereocenters. The first-order chi connectivity index (χ1) is 8.25. The molecule has 0 saturated heterocycles. The van der Waals surface area contributed by atoms with E-state index in [2.05, 4.69) is 4.99 Å². The van der Waals surface area contributed by atoms with Crippen molar-refractivity contribution in [3.8, 4) is 0 Å². The largest absolute Gasteiger partial charge is 0.385 e. The van der Waals surface area contributed by atoms with E-state index in [0.717, 1.165) is 12.8 Å². The Morgan fingerprint density at radius 2 is 1.88 bits per heavy atom. The SMILES string of the molecule is CCOC1(C(N)=NCCOC)CCCCCC1. The van der Waals surface area contributed by atoms with Crippen LogP contribution in [0, 0.1) is 0 Å². The molecule has 2 N–H and O–H groups in total. The quantitative estimate of drug-likeness (QED) is 0.336. The van der Waals surface area contributed by atoms with Crippen molar-refractivity contribution in [1.29, 1.82) is 0 Å². The first-order valence-electron chi connectivity index (χ1n) is 6.68. The smallest absolute Gasteiger partial charge is 0.126 e. The fraction of sp³-hybridized carbons (Fsp3) is 0.923. The van der Waals surface area contributed by atoms with Gasteiger partial charge >= 0.3 is 0 Å². The van der Waals surface area contributed by atoms with Gasteiger partial charge in [0.15, 0.2) is 0 Å². The summed E-state index contributed by atoms with van der Waals surface area (Å²) in [7, 11) is 1.68. The lowest BCUT2D eigenvalue weighted by Crippen LogP contribution is -2.46. The summed E-state index contributed by atoms with van der Waals surface area (Å²) >= 11 is 0. The average molecular weight is 242 g/mol. The first kappa shape index (κ1) is 14.5. The zero-order chi connectivity index (χ0) is 12.6. The number of amidine groups is 1. The van der Waals surface area contributed by atoms with E-state index in [-0.39, 0.29) is 5.60 Å². The van der Waals surface area contributed by atoms with Crippen molar-refractivity contribution in [3.63, 3.8) is 0 Å². The lowest BCUT2D eigenvalue weighted by Gasteiger charge is -2.32. The Labute approximate surface area is 105 Å². The van der Waals surface area contributed by atoms with E-state index in [1.54, 1.807) is 7.11 Å². The third-order valence-electron chi connectivity index (χ3n) is 3.38. The number of rotatable bonds is 6. The van der Waals surface area contributed by atoms with Crippen LogP contribution in [0.1, 0.15) is 45.4 Å². The molecule has 4 nitrogen and oxygen atoms in total. The molecule has 0 aliphatic heterocycles. The Balaban J connectivity index is 2.69. The minimum atomic E-state index is -0.307.